The van der Waals surface area contributed by atoms with Crippen molar-refractivity contribution in [3.05, 3.63) is 67.6 Å². The van der Waals surface area contributed by atoms with Crippen molar-refractivity contribution in [3.8, 4) is 0 Å². The average molecular weight is 340 g/mol. The molecule has 1 unspecified atom stereocenters. The fourth-order valence-electron chi connectivity index (χ4n) is 1.57. The fraction of sp³-hybridized carbons (Fsp3) is 0.0769. The summed E-state index contributed by atoms with van der Waals surface area (Å²) in [6.45, 7) is 0. The van der Waals surface area contributed by atoms with Gasteiger partial charge in [-0.05, 0) is 29.3 Å². The van der Waals surface area contributed by atoms with Crippen LogP contribution in [0.25, 0.3) is 0 Å². The average Bonchev–Trinajstić information content (AvgIpc) is 2.35. The van der Waals surface area contributed by atoms with Crippen LogP contribution in [0.2, 0.25) is 20.1 Å². The zero-order chi connectivity index (χ0) is 13.3. The lowest BCUT2D eigenvalue weighted by Crippen LogP contribution is -1.95. The van der Waals surface area contributed by atoms with Crippen molar-refractivity contribution in [3.63, 3.8) is 0 Å². The molecule has 5 heteroatoms. The van der Waals surface area contributed by atoms with E-state index in [0.29, 0.717) is 20.1 Å². The molecule has 0 N–H and O–H groups in total. The summed E-state index contributed by atoms with van der Waals surface area (Å²) in [6.07, 6.45) is 0. The van der Waals surface area contributed by atoms with Crippen LogP contribution in [0.5, 0.6) is 0 Å². The topological polar surface area (TPSA) is 0 Å². The van der Waals surface area contributed by atoms with E-state index < -0.39 is 5.38 Å². The summed E-state index contributed by atoms with van der Waals surface area (Å²) < 4.78 is 0. The Labute approximate surface area is 130 Å². The molecule has 2 aromatic carbocycles. The molecule has 0 saturated heterocycles. The maximum absolute atomic E-state index is 6.39. The molecule has 0 amide bonds. The molecule has 0 saturated carbocycles. The van der Waals surface area contributed by atoms with Crippen LogP contribution in [0.15, 0.2) is 36.4 Å². The van der Waals surface area contributed by atoms with Crippen LogP contribution in [0, 0.1) is 0 Å². The summed E-state index contributed by atoms with van der Waals surface area (Å²) >= 11 is 30.3. The third-order valence-corrected chi connectivity index (χ3v) is 4.55. The second-order valence-electron chi connectivity index (χ2n) is 3.68. The summed E-state index contributed by atoms with van der Waals surface area (Å²) in [4.78, 5) is 0. The van der Waals surface area contributed by atoms with Crippen LogP contribution in [0.4, 0.5) is 0 Å². The molecule has 0 aromatic heterocycles. The molecule has 2 aromatic rings. The van der Waals surface area contributed by atoms with E-state index in [1.54, 1.807) is 24.3 Å². The molecule has 0 nitrogen and oxygen atoms in total. The first-order valence-corrected chi connectivity index (χ1v) is 6.98. The van der Waals surface area contributed by atoms with E-state index in [1.165, 1.54) is 0 Å². The van der Waals surface area contributed by atoms with Crippen LogP contribution in [0.3, 0.4) is 0 Å². The second kappa shape index (κ2) is 5.90. The zero-order valence-electron chi connectivity index (χ0n) is 8.93. The summed E-state index contributed by atoms with van der Waals surface area (Å²) in [5, 5.41) is 1.44. The molecule has 0 heterocycles. The van der Waals surface area contributed by atoms with Gasteiger partial charge in [0.25, 0.3) is 0 Å². The molecule has 2 rings (SSSR count). The first kappa shape index (κ1) is 14.3. The summed E-state index contributed by atoms with van der Waals surface area (Å²) in [7, 11) is 0. The first-order valence-electron chi connectivity index (χ1n) is 5.03. The maximum Gasteiger partial charge on any atom is 0.0850 e. The van der Waals surface area contributed by atoms with Crippen molar-refractivity contribution < 1.29 is 0 Å². The summed E-state index contributed by atoms with van der Waals surface area (Å²) in [5.41, 5.74) is 1.56. The molecule has 0 aliphatic rings. The van der Waals surface area contributed by atoms with E-state index in [2.05, 4.69) is 0 Å². The molecule has 94 valence electrons. The first-order chi connectivity index (χ1) is 8.50. The largest absolute Gasteiger partial charge is 0.113 e. The lowest BCUT2D eigenvalue weighted by Gasteiger charge is -2.13. The highest BCUT2D eigenvalue weighted by molar-refractivity contribution is 6.43. The van der Waals surface area contributed by atoms with E-state index in [1.807, 2.05) is 12.1 Å². The van der Waals surface area contributed by atoms with Crippen LogP contribution in [-0.2, 0) is 0 Å². The Kier molecular flexibility index (Phi) is 4.69. The highest BCUT2D eigenvalue weighted by Gasteiger charge is 2.16. The van der Waals surface area contributed by atoms with Gasteiger partial charge in [0, 0.05) is 0 Å². The molecular formula is C13H7Cl5. The van der Waals surface area contributed by atoms with Crippen molar-refractivity contribution in [2.75, 3.05) is 0 Å². The molecule has 0 bridgehead atoms. The number of hydrogen-bond donors (Lipinski definition) is 0. The van der Waals surface area contributed by atoms with Crippen LogP contribution in [0.1, 0.15) is 16.5 Å². The van der Waals surface area contributed by atoms with Crippen molar-refractivity contribution in [2.24, 2.45) is 0 Å². The van der Waals surface area contributed by atoms with Gasteiger partial charge in [0.15, 0.2) is 0 Å². The Hall–Kier alpha value is -0.110. The lowest BCUT2D eigenvalue weighted by atomic mass is 10.0. The highest BCUT2D eigenvalue weighted by Crippen LogP contribution is 2.38. The Morgan fingerprint density at radius 2 is 1.50 bits per heavy atom. The van der Waals surface area contributed by atoms with Crippen LogP contribution in [-0.4, -0.2) is 0 Å². The Bertz CT molecular complexity index is 580. The number of rotatable bonds is 2. The second-order valence-corrected chi connectivity index (χ2v) is 5.72. The number of alkyl halides is 1. The van der Waals surface area contributed by atoms with E-state index in [0.717, 1.165) is 11.1 Å². The Morgan fingerprint density at radius 1 is 0.778 bits per heavy atom. The van der Waals surface area contributed by atoms with Gasteiger partial charge in [-0.3, -0.25) is 0 Å². The van der Waals surface area contributed by atoms with Crippen molar-refractivity contribution in [2.45, 2.75) is 5.38 Å². The minimum absolute atomic E-state index is 0.425. The molecule has 0 radical (unpaired) electrons. The molecule has 0 fully saturated rings. The molecule has 18 heavy (non-hydrogen) atoms. The van der Waals surface area contributed by atoms with Gasteiger partial charge in [0.2, 0.25) is 0 Å². The standard InChI is InChI=1S/C13H7Cl5/c14-9-5-4-7(6-11(9)16)12(17)8-2-1-3-10(15)13(8)18/h1-6,12H. The molecular weight excluding hydrogens is 333 g/mol. The summed E-state index contributed by atoms with van der Waals surface area (Å²) in [5.74, 6) is 0. The number of benzene rings is 2. The van der Waals surface area contributed by atoms with E-state index in [9.17, 15) is 0 Å². The smallest absolute Gasteiger partial charge is 0.0850 e. The molecule has 0 aliphatic carbocycles. The van der Waals surface area contributed by atoms with Gasteiger partial charge in [-0.25, -0.2) is 0 Å². The van der Waals surface area contributed by atoms with Gasteiger partial charge >= 0.3 is 0 Å². The van der Waals surface area contributed by atoms with Gasteiger partial charge in [-0.2, -0.15) is 0 Å². The molecule has 0 aliphatic heterocycles. The van der Waals surface area contributed by atoms with Gasteiger partial charge in [-0.15, -0.1) is 11.6 Å². The number of hydrogen-bond acceptors (Lipinski definition) is 0. The lowest BCUT2D eigenvalue weighted by molar-refractivity contribution is 1.14. The molecule has 0 spiro atoms. The predicted octanol–water partition coefficient (Wildman–Crippen LogP) is 6.63. The van der Waals surface area contributed by atoms with Crippen molar-refractivity contribution in [1.82, 2.24) is 0 Å². The molecule has 1 atom stereocenters. The summed E-state index contributed by atoms with van der Waals surface area (Å²) in [6, 6.07) is 10.6. The number of halogens is 5. The SMILES string of the molecule is Clc1ccc(C(Cl)c2cccc(Cl)c2Cl)cc1Cl. The van der Waals surface area contributed by atoms with Gasteiger partial charge in [0.1, 0.15) is 0 Å². The maximum atomic E-state index is 6.39. The third kappa shape index (κ3) is 2.89. The van der Waals surface area contributed by atoms with Crippen molar-refractivity contribution in [1.29, 1.82) is 0 Å². The Morgan fingerprint density at radius 3 is 2.17 bits per heavy atom. The third-order valence-electron chi connectivity index (χ3n) is 2.49. The predicted molar refractivity (Wildman–Crippen MR) is 80.6 cm³/mol. The fourth-order valence-corrected chi connectivity index (χ4v) is 2.66. The normalized spacial score (nSPS) is 12.5. The van der Waals surface area contributed by atoms with E-state index in [-0.39, 0.29) is 0 Å². The van der Waals surface area contributed by atoms with Gasteiger partial charge in [-0.1, -0.05) is 64.6 Å². The van der Waals surface area contributed by atoms with E-state index >= 15 is 0 Å². The van der Waals surface area contributed by atoms with Crippen molar-refractivity contribution >= 4 is 58.0 Å². The monoisotopic (exact) mass is 338 g/mol. The van der Waals surface area contributed by atoms with Gasteiger partial charge in [0.05, 0.1) is 25.5 Å². The van der Waals surface area contributed by atoms with Crippen LogP contribution < -0.4 is 0 Å². The Balaban J connectivity index is 2.44. The van der Waals surface area contributed by atoms with Gasteiger partial charge < -0.3 is 0 Å². The minimum Gasteiger partial charge on any atom is -0.113 e. The quantitative estimate of drug-likeness (QED) is 0.538. The zero-order valence-corrected chi connectivity index (χ0v) is 12.7. The minimum atomic E-state index is -0.425. The highest BCUT2D eigenvalue weighted by atomic mass is 35.5. The van der Waals surface area contributed by atoms with E-state index in [4.69, 9.17) is 58.0 Å². The van der Waals surface area contributed by atoms with Crippen LogP contribution >= 0.6 is 58.0 Å².